The van der Waals surface area contributed by atoms with Crippen molar-refractivity contribution in [2.45, 2.75) is 32.7 Å². The number of carbonyl (C=O) groups excluding carboxylic acids is 1. The Morgan fingerprint density at radius 1 is 1.37 bits per heavy atom. The van der Waals surface area contributed by atoms with Gasteiger partial charge in [0.1, 0.15) is 0 Å². The van der Waals surface area contributed by atoms with Crippen LogP contribution >= 0.6 is 0 Å². The van der Waals surface area contributed by atoms with Crippen molar-refractivity contribution >= 4 is 11.9 Å². The third kappa shape index (κ3) is 3.30. The van der Waals surface area contributed by atoms with Gasteiger partial charge in [-0.3, -0.25) is 14.6 Å². The fourth-order valence-corrected chi connectivity index (χ4v) is 2.58. The molecule has 19 heavy (non-hydrogen) atoms. The highest BCUT2D eigenvalue weighted by atomic mass is 16.4. The van der Waals surface area contributed by atoms with E-state index in [2.05, 4.69) is 10.3 Å². The zero-order chi connectivity index (χ0) is 13.8. The van der Waals surface area contributed by atoms with E-state index in [1.165, 1.54) is 0 Å². The summed E-state index contributed by atoms with van der Waals surface area (Å²) in [7, 11) is 0. The van der Waals surface area contributed by atoms with Crippen LogP contribution in [0.15, 0.2) is 18.2 Å². The maximum absolute atomic E-state index is 12.0. The number of amides is 1. The van der Waals surface area contributed by atoms with E-state index in [0.717, 1.165) is 17.8 Å². The van der Waals surface area contributed by atoms with Crippen LogP contribution in [0.25, 0.3) is 0 Å². The van der Waals surface area contributed by atoms with Gasteiger partial charge in [0.05, 0.1) is 24.1 Å². The number of hydrogen-bond acceptors (Lipinski definition) is 3. The molecule has 5 nitrogen and oxygen atoms in total. The van der Waals surface area contributed by atoms with Gasteiger partial charge < -0.3 is 10.4 Å². The number of carboxylic acid groups (broad SMARTS) is 1. The number of aromatic nitrogens is 1. The number of hydrogen-bond donors (Lipinski definition) is 2. The molecule has 1 aromatic heterocycles. The first-order chi connectivity index (χ1) is 9.08. The molecule has 102 valence electrons. The topological polar surface area (TPSA) is 79.3 Å². The van der Waals surface area contributed by atoms with Gasteiger partial charge in [0.25, 0.3) is 0 Å². The molecule has 1 aromatic rings. The third-order valence-corrected chi connectivity index (χ3v) is 3.56. The molecule has 1 heterocycles. The van der Waals surface area contributed by atoms with Crippen molar-refractivity contribution in [3.8, 4) is 0 Å². The van der Waals surface area contributed by atoms with E-state index in [1.54, 1.807) is 0 Å². The van der Waals surface area contributed by atoms with E-state index in [1.807, 2.05) is 25.1 Å². The van der Waals surface area contributed by atoms with Gasteiger partial charge in [0.2, 0.25) is 5.91 Å². The predicted molar refractivity (Wildman–Crippen MR) is 69.3 cm³/mol. The molecule has 5 heteroatoms. The van der Waals surface area contributed by atoms with Gasteiger partial charge in [-0.05, 0) is 31.9 Å². The first-order valence-corrected chi connectivity index (χ1v) is 6.51. The van der Waals surface area contributed by atoms with Gasteiger partial charge in [-0.1, -0.05) is 12.5 Å². The van der Waals surface area contributed by atoms with Crippen molar-refractivity contribution in [1.29, 1.82) is 0 Å². The molecule has 2 atom stereocenters. The van der Waals surface area contributed by atoms with Crippen molar-refractivity contribution in [3.63, 3.8) is 0 Å². The fraction of sp³-hybridized carbons (Fsp3) is 0.500. The normalized spacial score (nSPS) is 22.2. The molecule has 0 aliphatic heterocycles. The van der Waals surface area contributed by atoms with Crippen molar-refractivity contribution in [2.75, 3.05) is 0 Å². The summed E-state index contributed by atoms with van der Waals surface area (Å²) in [5.74, 6) is -1.98. The molecule has 0 saturated heterocycles. The van der Waals surface area contributed by atoms with E-state index in [9.17, 15) is 9.59 Å². The Morgan fingerprint density at radius 2 is 2.11 bits per heavy atom. The Labute approximate surface area is 112 Å². The average molecular weight is 262 g/mol. The summed E-state index contributed by atoms with van der Waals surface area (Å²) in [4.78, 5) is 27.4. The molecule has 2 rings (SSSR count). The minimum Gasteiger partial charge on any atom is -0.481 e. The monoisotopic (exact) mass is 262 g/mol. The molecule has 0 radical (unpaired) electrons. The lowest BCUT2D eigenvalue weighted by Crippen LogP contribution is -2.35. The number of rotatable bonds is 4. The van der Waals surface area contributed by atoms with Crippen LogP contribution in [0.2, 0.25) is 0 Å². The highest BCUT2D eigenvalue weighted by Gasteiger charge is 2.37. The van der Waals surface area contributed by atoms with Crippen molar-refractivity contribution in [1.82, 2.24) is 10.3 Å². The standard InChI is InChI=1S/C14H18N2O3/c1-9-4-2-5-10(16-9)8-15-13(17)11-6-3-7-12(11)14(18)19/h2,4-5,11-12H,3,6-8H2,1H3,(H,15,17)(H,18,19)/t11-,12+/m1/s1. The first-order valence-electron chi connectivity index (χ1n) is 6.51. The van der Waals surface area contributed by atoms with Crippen LogP contribution in [0.5, 0.6) is 0 Å². The van der Waals surface area contributed by atoms with Crippen LogP contribution in [-0.4, -0.2) is 22.0 Å². The van der Waals surface area contributed by atoms with Crippen LogP contribution in [0.3, 0.4) is 0 Å². The molecule has 0 spiro atoms. The Kier molecular flexibility index (Phi) is 4.14. The Balaban J connectivity index is 1.92. The maximum Gasteiger partial charge on any atom is 0.307 e. The molecule has 1 aliphatic carbocycles. The summed E-state index contributed by atoms with van der Waals surface area (Å²) in [6, 6.07) is 5.62. The number of nitrogens with one attached hydrogen (secondary N) is 1. The molecule has 1 amide bonds. The van der Waals surface area contributed by atoms with Crippen LogP contribution in [0, 0.1) is 18.8 Å². The molecule has 0 bridgehead atoms. The highest BCUT2D eigenvalue weighted by molar-refractivity contribution is 5.85. The molecule has 1 aliphatic rings. The van der Waals surface area contributed by atoms with Crippen LogP contribution in [-0.2, 0) is 16.1 Å². The zero-order valence-electron chi connectivity index (χ0n) is 10.9. The van der Waals surface area contributed by atoms with Crippen molar-refractivity contribution < 1.29 is 14.7 Å². The smallest absolute Gasteiger partial charge is 0.307 e. The SMILES string of the molecule is Cc1cccc(CNC(=O)[C@@H]2CCC[C@@H]2C(=O)O)n1. The van der Waals surface area contributed by atoms with Crippen LogP contribution < -0.4 is 5.32 Å². The average Bonchev–Trinajstić information content (AvgIpc) is 2.85. The largest absolute Gasteiger partial charge is 0.481 e. The van der Waals surface area contributed by atoms with Crippen LogP contribution in [0.1, 0.15) is 30.7 Å². The van der Waals surface area contributed by atoms with E-state index < -0.39 is 17.8 Å². The minimum absolute atomic E-state index is 0.173. The molecular formula is C14H18N2O3. The quantitative estimate of drug-likeness (QED) is 0.862. The summed E-state index contributed by atoms with van der Waals surface area (Å²) in [5.41, 5.74) is 1.69. The molecule has 0 unspecified atom stereocenters. The summed E-state index contributed by atoms with van der Waals surface area (Å²) in [5, 5.41) is 11.9. The van der Waals surface area contributed by atoms with Crippen molar-refractivity contribution in [2.24, 2.45) is 11.8 Å². The van der Waals surface area contributed by atoms with Gasteiger partial charge in [-0.25, -0.2) is 0 Å². The van der Waals surface area contributed by atoms with Gasteiger partial charge in [0, 0.05) is 5.69 Å². The van der Waals surface area contributed by atoms with Crippen molar-refractivity contribution in [3.05, 3.63) is 29.6 Å². The predicted octanol–water partition coefficient (Wildman–Crippen LogP) is 1.51. The molecular weight excluding hydrogens is 244 g/mol. The second-order valence-corrected chi connectivity index (χ2v) is 4.97. The second kappa shape index (κ2) is 5.82. The number of aliphatic carboxylic acids is 1. The summed E-state index contributed by atoms with van der Waals surface area (Å²) in [6.07, 6.45) is 2.05. The summed E-state index contributed by atoms with van der Waals surface area (Å²) >= 11 is 0. The second-order valence-electron chi connectivity index (χ2n) is 4.97. The Morgan fingerprint density at radius 3 is 2.79 bits per heavy atom. The zero-order valence-corrected chi connectivity index (χ0v) is 10.9. The van der Waals surface area contributed by atoms with Gasteiger partial charge in [-0.15, -0.1) is 0 Å². The molecule has 0 aromatic carbocycles. The fourth-order valence-electron chi connectivity index (χ4n) is 2.58. The van der Waals surface area contributed by atoms with Gasteiger partial charge >= 0.3 is 5.97 Å². The lowest BCUT2D eigenvalue weighted by molar-refractivity contribution is -0.146. The number of nitrogens with zero attached hydrogens (tertiary/aromatic N) is 1. The molecule has 1 saturated carbocycles. The van der Waals surface area contributed by atoms with E-state index in [-0.39, 0.29) is 5.91 Å². The lowest BCUT2D eigenvalue weighted by Gasteiger charge is -2.15. The molecule has 1 fully saturated rings. The summed E-state index contributed by atoms with van der Waals surface area (Å²) < 4.78 is 0. The van der Waals surface area contributed by atoms with E-state index in [0.29, 0.717) is 19.4 Å². The number of aryl methyl sites for hydroxylation is 1. The lowest BCUT2D eigenvalue weighted by atomic mass is 9.95. The van der Waals surface area contributed by atoms with Crippen LogP contribution in [0.4, 0.5) is 0 Å². The number of carboxylic acids is 1. The highest BCUT2D eigenvalue weighted by Crippen LogP contribution is 2.32. The van der Waals surface area contributed by atoms with Gasteiger partial charge in [0.15, 0.2) is 0 Å². The third-order valence-electron chi connectivity index (χ3n) is 3.56. The Hall–Kier alpha value is -1.91. The Bertz CT molecular complexity index is 487. The maximum atomic E-state index is 12.0. The van der Waals surface area contributed by atoms with E-state index in [4.69, 9.17) is 5.11 Å². The molecule has 2 N–H and O–H groups in total. The summed E-state index contributed by atoms with van der Waals surface area (Å²) in [6.45, 7) is 2.24. The van der Waals surface area contributed by atoms with E-state index >= 15 is 0 Å². The number of carbonyl (C=O) groups is 2. The number of pyridine rings is 1. The first kappa shape index (κ1) is 13.5. The van der Waals surface area contributed by atoms with Gasteiger partial charge in [-0.2, -0.15) is 0 Å². The minimum atomic E-state index is -0.869.